The van der Waals surface area contributed by atoms with Crippen LogP contribution in [0.4, 0.5) is 0 Å². The molecule has 0 bridgehead atoms. The van der Waals surface area contributed by atoms with Gasteiger partial charge in [-0.1, -0.05) is 47.6 Å². The quantitative estimate of drug-likeness (QED) is 0.686. The fourth-order valence-corrected chi connectivity index (χ4v) is 2.97. The lowest BCUT2D eigenvalue weighted by Gasteiger charge is -2.24. The van der Waals surface area contributed by atoms with E-state index in [0.717, 1.165) is 27.8 Å². The maximum atomic E-state index is 10.7. The summed E-state index contributed by atoms with van der Waals surface area (Å²) in [6.07, 6.45) is 2.41. The van der Waals surface area contributed by atoms with Crippen molar-refractivity contribution in [3.8, 4) is 22.6 Å². The second-order valence-electron chi connectivity index (χ2n) is 8.67. The molecule has 0 fully saturated rings. The van der Waals surface area contributed by atoms with E-state index in [0.29, 0.717) is 12.2 Å². The van der Waals surface area contributed by atoms with Gasteiger partial charge in [0.25, 0.3) is 0 Å². The van der Waals surface area contributed by atoms with Gasteiger partial charge >= 0.3 is 0 Å². The highest BCUT2D eigenvalue weighted by Gasteiger charge is 2.23. The maximum absolute atomic E-state index is 10.7. The molecular weight excluding hydrogens is 308 g/mol. The van der Waals surface area contributed by atoms with Gasteiger partial charge in [0.15, 0.2) is 0 Å². The summed E-state index contributed by atoms with van der Waals surface area (Å²) >= 11 is 0. The Balaban J connectivity index is 2.71. The minimum atomic E-state index is -0.177. The van der Waals surface area contributed by atoms with Crippen LogP contribution in [0.25, 0.3) is 11.1 Å². The van der Waals surface area contributed by atoms with Crippen LogP contribution in [0, 0.1) is 6.07 Å². The van der Waals surface area contributed by atoms with Crippen molar-refractivity contribution in [3.63, 3.8) is 0 Å². The van der Waals surface area contributed by atoms with Crippen LogP contribution in [0.15, 0.2) is 36.9 Å². The lowest BCUT2D eigenvalue weighted by Crippen LogP contribution is -2.13. The highest BCUT2D eigenvalue weighted by Crippen LogP contribution is 2.39. The third-order valence-corrected chi connectivity index (χ3v) is 4.42. The molecule has 2 heteroatoms. The van der Waals surface area contributed by atoms with Gasteiger partial charge in [-0.25, -0.2) is 0 Å². The van der Waals surface area contributed by atoms with Gasteiger partial charge in [0.2, 0.25) is 0 Å². The highest BCUT2D eigenvalue weighted by molar-refractivity contribution is 5.70. The number of phenols is 2. The summed E-state index contributed by atoms with van der Waals surface area (Å²) in [5, 5.41) is 20.8. The van der Waals surface area contributed by atoms with E-state index in [9.17, 15) is 10.2 Å². The van der Waals surface area contributed by atoms with Crippen LogP contribution >= 0.6 is 0 Å². The molecule has 0 aliphatic rings. The van der Waals surface area contributed by atoms with Gasteiger partial charge in [-0.2, -0.15) is 0 Å². The fourth-order valence-electron chi connectivity index (χ4n) is 2.97. The van der Waals surface area contributed by atoms with E-state index in [1.807, 2.05) is 18.2 Å². The van der Waals surface area contributed by atoms with Crippen molar-refractivity contribution >= 4 is 0 Å². The molecule has 0 aliphatic heterocycles. The Morgan fingerprint density at radius 3 is 2.00 bits per heavy atom. The van der Waals surface area contributed by atoms with E-state index in [1.54, 1.807) is 12.1 Å². The van der Waals surface area contributed by atoms with Crippen molar-refractivity contribution in [2.75, 3.05) is 0 Å². The summed E-state index contributed by atoms with van der Waals surface area (Å²) < 4.78 is 0. The third-order valence-electron chi connectivity index (χ3n) is 4.42. The first-order valence-corrected chi connectivity index (χ1v) is 8.68. The predicted octanol–water partition coefficient (Wildman–Crippen LogP) is 5.89. The molecule has 0 amide bonds. The van der Waals surface area contributed by atoms with Crippen molar-refractivity contribution in [1.29, 1.82) is 0 Å². The Hall–Kier alpha value is -2.22. The number of benzene rings is 2. The highest BCUT2D eigenvalue weighted by atomic mass is 16.3. The van der Waals surface area contributed by atoms with Gasteiger partial charge in [0.1, 0.15) is 11.5 Å². The first-order valence-electron chi connectivity index (χ1n) is 8.68. The number of hydrogen-bond donors (Lipinski definition) is 2. The second-order valence-corrected chi connectivity index (χ2v) is 8.67. The molecule has 0 saturated heterocycles. The molecule has 0 spiro atoms. The van der Waals surface area contributed by atoms with E-state index in [4.69, 9.17) is 0 Å². The van der Waals surface area contributed by atoms with Crippen LogP contribution in [0.3, 0.4) is 0 Å². The summed E-state index contributed by atoms with van der Waals surface area (Å²) in [5.74, 6) is 0.535. The zero-order valence-corrected chi connectivity index (χ0v) is 16.2. The molecule has 2 N–H and O–H groups in total. The Morgan fingerprint density at radius 1 is 0.920 bits per heavy atom. The van der Waals surface area contributed by atoms with Gasteiger partial charge in [-0.15, -0.1) is 6.58 Å². The monoisotopic (exact) mass is 337 g/mol. The van der Waals surface area contributed by atoms with Crippen molar-refractivity contribution < 1.29 is 10.2 Å². The minimum Gasteiger partial charge on any atom is -0.507 e. The average Bonchev–Trinajstić information content (AvgIpc) is 2.47. The second kappa shape index (κ2) is 6.59. The number of aromatic hydroxyl groups is 2. The molecule has 133 valence electrons. The van der Waals surface area contributed by atoms with Crippen LogP contribution in [0.1, 0.15) is 58.2 Å². The lowest BCUT2D eigenvalue weighted by molar-refractivity contribution is 0.441. The molecule has 25 heavy (non-hydrogen) atoms. The summed E-state index contributed by atoms with van der Waals surface area (Å²) in [5.41, 5.74) is 4.28. The van der Waals surface area contributed by atoms with Gasteiger partial charge in [0, 0.05) is 17.2 Å². The van der Waals surface area contributed by atoms with Crippen molar-refractivity contribution in [1.82, 2.24) is 0 Å². The fraction of sp³-hybridized carbons (Fsp3) is 0.391. The van der Waals surface area contributed by atoms with E-state index in [-0.39, 0.29) is 16.6 Å². The largest absolute Gasteiger partial charge is 0.507 e. The smallest absolute Gasteiger partial charge is 0.127 e. The Labute approximate surface area is 151 Å². The molecule has 1 radical (unpaired) electrons. The molecule has 0 heterocycles. The predicted molar refractivity (Wildman–Crippen MR) is 105 cm³/mol. The zero-order valence-electron chi connectivity index (χ0n) is 16.2. The van der Waals surface area contributed by atoms with Crippen molar-refractivity contribution in [3.05, 3.63) is 59.7 Å². The molecule has 2 aromatic carbocycles. The molecular formula is C23H29O2. The SMILES string of the molecule is C=CCc1cc(-c2c[c]c(O)c(C(C)(C)C)c2)cc(C(C)(C)C)c1O. The van der Waals surface area contributed by atoms with Crippen LogP contribution in [-0.4, -0.2) is 10.2 Å². The first kappa shape index (κ1) is 19.1. The zero-order chi connectivity index (χ0) is 19.0. The Morgan fingerprint density at radius 2 is 1.48 bits per heavy atom. The molecule has 2 rings (SSSR count). The third kappa shape index (κ3) is 4.07. The average molecular weight is 337 g/mol. The number of allylic oxidation sites excluding steroid dienone is 1. The summed E-state index contributed by atoms with van der Waals surface area (Å²) in [4.78, 5) is 0. The molecule has 2 nitrogen and oxygen atoms in total. The number of rotatable bonds is 3. The minimum absolute atomic E-state index is 0.176. The maximum Gasteiger partial charge on any atom is 0.127 e. The van der Waals surface area contributed by atoms with E-state index in [2.05, 4.69) is 54.2 Å². The van der Waals surface area contributed by atoms with Gasteiger partial charge in [0.05, 0.1) is 0 Å². The van der Waals surface area contributed by atoms with Crippen LogP contribution in [-0.2, 0) is 17.3 Å². The topological polar surface area (TPSA) is 40.5 Å². The molecule has 0 atom stereocenters. The van der Waals surface area contributed by atoms with Crippen molar-refractivity contribution in [2.45, 2.75) is 58.8 Å². The molecule has 0 unspecified atom stereocenters. The van der Waals surface area contributed by atoms with E-state index < -0.39 is 0 Å². The molecule has 0 saturated carbocycles. The summed E-state index contributed by atoms with van der Waals surface area (Å²) in [6, 6.07) is 10.8. The molecule has 0 aliphatic carbocycles. The van der Waals surface area contributed by atoms with Gasteiger partial charge in [-0.3, -0.25) is 0 Å². The lowest BCUT2D eigenvalue weighted by atomic mass is 9.81. The van der Waals surface area contributed by atoms with Crippen LogP contribution in [0.5, 0.6) is 11.5 Å². The van der Waals surface area contributed by atoms with Crippen molar-refractivity contribution in [2.24, 2.45) is 0 Å². The Kier molecular flexibility index (Phi) is 5.04. The summed E-state index contributed by atoms with van der Waals surface area (Å²) in [7, 11) is 0. The number of hydrogen-bond acceptors (Lipinski definition) is 2. The number of phenolic OH excluding ortho intramolecular Hbond substituents is 2. The Bertz CT molecular complexity index is 787. The van der Waals surface area contributed by atoms with E-state index in [1.165, 1.54) is 0 Å². The molecule has 2 aromatic rings. The van der Waals surface area contributed by atoms with Gasteiger partial charge < -0.3 is 10.2 Å². The van der Waals surface area contributed by atoms with Crippen LogP contribution in [0.2, 0.25) is 0 Å². The standard InChI is InChI=1S/C23H29O2/c1-8-9-16-12-17(14-19(21(16)25)23(5,6)7)15-10-11-20(24)18(13-15)22(2,3)4/h8,10,12-14,24-25H,1,9H2,2-7H3. The normalized spacial score (nSPS) is 12.2. The summed E-state index contributed by atoms with van der Waals surface area (Å²) in [6.45, 7) is 16.3. The van der Waals surface area contributed by atoms with Crippen LogP contribution < -0.4 is 0 Å². The molecule has 0 aromatic heterocycles. The van der Waals surface area contributed by atoms with E-state index >= 15 is 0 Å². The van der Waals surface area contributed by atoms with Gasteiger partial charge in [-0.05, 0) is 58.2 Å². The first-order chi connectivity index (χ1) is 11.4.